The molecule has 1 amide bonds. The summed E-state index contributed by atoms with van der Waals surface area (Å²) in [5.74, 6) is -0.0145. The van der Waals surface area contributed by atoms with Gasteiger partial charge in [0.1, 0.15) is 0 Å². The second kappa shape index (κ2) is 6.30. The molecule has 4 rings (SSSR count). The Bertz CT molecular complexity index is 945. The van der Waals surface area contributed by atoms with Crippen molar-refractivity contribution in [2.75, 3.05) is 0 Å². The number of nitrogens with zero attached hydrogens (tertiary/aromatic N) is 2. The number of carbonyl (C=O) groups excluding carboxylic acids is 1. The summed E-state index contributed by atoms with van der Waals surface area (Å²) in [6.45, 7) is 4.01. The molecule has 0 bridgehead atoms. The lowest BCUT2D eigenvalue weighted by molar-refractivity contribution is 0.0667. The van der Waals surface area contributed by atoms with E-state index >= 15 is 0 Å². The summed E-state index contributed by atoms with van der Waals surface area (Å²) in [5.41, 5.74) is 2.50. The molecule has 4 nitrogen and oxygen atoms in total. The van der Waals surface area contributed by atoms with E-state index in [9.17, 15) is 4.79 Å². The van der Waals surface area contributed by atoms with Crippen molar-refractivity contribution >= 4 is 32.6 Å². The van der Waals surface area contributed by atoms with Gasteiger partial charge < -0.3 is 4.90 Å². The van der Waals surface area contributed by atoms with Crippen molar-refractivity contribution in [3.8, 4) is 0 Å². The monoisotopic (exact) mass is 397 g/mol. The Morgan fingerprint density at radius 3 is 2.60 bits per heavy atom. The Hall–Kier alpha value is -2.14. The molecule has 1 unspecified atom stereocenters. The molecule has 5 heteroatoms. The van der Waals surface area contributed by atoms with Crippen LogP contribution in [0.25, 0.3) is 10.8 Å². The number of amides is 1. The molecular formula is C20H20BrN3O. The van der Waals surface area contributed by atoms with Crippen LogP contribution in [0.15, 0.2) is 46.9 Å². The molecule has 1 atom stereocenters. The molecular weight excluding hydrogens is 378 g/mol. The zero-order chi connectivity index (χ0) is 17.6. The molecule has 0 spiro atoms. The van der Waals surface area contributed by atoms with Crippen molar-refractivity contribution in [1.29, 1.82) is 0 Å². The van der Waals surface area contributed by atoms with Crippen LogP contribution in [-0.4, -0.2) is 27.0 Å². The highest BCUT2D eigenvalue weighted by Crippen LogP contribution is 2.37. The lowest BCUT2D eigenvalue weighted by atomic mass is 10.0. The van der Waals surface area contributed by atoms with Crippen molar-refractivity contribution < 1.29 is 4.79 Å². The van der Waals surface area contributed by atoms with E-state index < -0.39 is 0 Å². The van der Waals surface area contributed by atoms with E-state index in [0.29, 0.717) is 11.7 Å². The predicted molar refractivity (Wildman–Crippen MR) is 103 cm³/mol. The number of aromatic amines is 1. The van der Waals surface area contributed by atoms with E-state index in [1.807, 2.05) is 24.0 Å². The highest BCUT2D eigenvalue weighted by Gasteiger charge is 2.38. The quantitative estimate of drug-likeness (QED) is 0.673. The first kappa shape index (κ1) is 16.3. The first-order valence-corrected chi connectivity index (χ1v) is 9.37. The van der Waals surface area contributed by atoms with Crippen molar-refractivity contribution in [3.05, 3.63) is 63.9 Å². The van der Waals surface area contributed by atoms with Crippen LogP contribution in [-0.2, 0) is 0 Å². The maximum Gasteiger partial charge on any atom is 0.276 e. The molecule has 128 valence electrons. The van der Waals surface area contributed by atoms with Gasteiger partial charge in [-0.1, -0.05) is 36.4 Å². The molecule has 1 aliphatic rings. The van der Waals surface area contributed by atoms with Crippen LogP contribution < -0.4 is 0 Å². The maximum atomic E-state index is 13.2. The molecule has 1 aliphatic carbocycles. The molecule has 0 saturated heterocycles. The van der Waals surface area contributed by atoms with E-state index in [4.69, 9.17) is 0 Å². The van der Waals surface area contributed by atoms with E-state index in [1.54, 1.807) is 0 Å². The fraction of sp³-hybridized carbons (Fsp3) is 0.300. The zero-order valence-corrected chi connectivity index (χ0v) is 15.9. The van der Waals surface area contributed by atoms with Crippen molar-refractivity contribution in [2.45, 2.75) is 38.8 Å². The first-order chi connectivity index (χ1) is 12.1. The number of rotatable bonds is 4. The Morgan fingerprint density at radius 1 is 1.24 bits per heavy atom. The lowest BCUT2D eigenvalue weighted by Crippen LogP contribution is -2.36. The van der Waals surface area contributed by atoms with Crippen LogP contribution >= 0.6 is 15.9 Å². The number of nitrogens with one attached hydrogen (secondary N) is 1. The molecule has 0 aliphatic heterocycles. The summed E-state index contributed by atoms with van der Waals surface area (Å²) < 4.78 is 0.758. The van der Waals surface area contributed by atoms with Gasteiger partial charge in [-0.05, 0) is 65.0 Å². The molecule has 1 N–H and O–H groups in total. The summed E-state index contributed by atoms with van der Waals surface area (Å²) in [6, 6.07) is 15.1. The number of halogens is 1. The second-order valence-corrected chi connectivity index (χ2v) is 7.53. The summed E-state index contributed by atoms with van der Waals surface area (Å²) in [6.07, 6.45) is 2.12. The number of aryl methyl sites for hydroxylation is 1. The third kappa shape index (κ3) is 2.97. The molecule has 2 aromatic carbocycles. The number of hydrogen-bond donors (Lipinski definition) is 1. The molecule has 1 heterocycles. The third-order valence-electron chi connectivity index (χ3n) is 4.92. The second-order valence-electron chi connectivity index (χ2n) is 6.74. The van der Waals surface area contributed by atoms with Gasteiger partial charge >= 0.3 is 0 Å². The lowest BCUT2D eigenvalue weighted by Gasteiger charge is -2.29. The van der Waals surface area contributed by atoms with E-state index in [-0.39, 0.29) is 11.9 Å². The van der Waals surface area contributed by atoms with Gasteiger partial charge in [0.05, 0.1) is 10.5 Å². The molecule has 3 aromatic rings. The normalized spacial score (nSPS) is 15.3. The Balaban J connectivity index is 1.70. The predicted octanol–water partition coefficient (Wildman–Crippen LogP) is 5.00. The van der Waals surface area contributed by atoms with Gasteiger partial charge in [-0.3, -0.25) is 9.89 Å². The van der Waals surface area contributed by atoms with E-state index in [2.05, 4.69) is 63.4 Å². The average molecular weight is 398 g/mol. The van der Waals surface area contributed by atoms with Gasteiger partial charge in [-0.2, -0.15) is 5.10 Å². The maximum absolute atomic E-state index is 13.2. The van der Waals surface area contributed by atoms with Crippen molar-refractivity contribution in [2.24, 2.45) is 0 Å². The van der Waals surface area contributed by atoms with Crippen LogP contribution in [0.4, 0.5) is 0 Å². The summed E-state index contributed by atoms with van der Waals surface area (Å²) >= 11 is 3.49. The van der Waals surface area contributed by atoms with Gasteiger partial charge in [-0.25, -0.2) is 0 Å². The number of carbonyl (C=O) groups is 1. The van der Waals surface area contributed by atoms with Crippen LogP contribution in [0.3, 0.4) is 0 Å². The Morgan fingerprint density at radius 2 is 1.96 bits per heavy atom. The highest BCUT2D eigenvalue weighted by molar-refractivity contribution is 9.10. The molecule has 0 radical (unpaired) electrons. The number of H-pyrrole nitrogens is 1. The molecule has 1 saturated carbocycles. The van der Waals surface area contributed by atoms with E-state index in [1.165, 1.54) is 10.8 Å². The summed E-state index contributed by atoms with van der Waals surface area (Å²) in [4.78, 5) is 15.1. The minimum atomic E-state index is -0.0145. The van der Waals surface area contributed by atoms with Crippen molar-refractivity contribution in [3.63, 3.8) is 0 Å². The highest BCUT2D eigenvalue weighted by atomic mass is 79.9. The Kier molecular flexibility index (Phi) is 4.12. The van der Waals surface area contributed by atoms with Gasteiger partial charge in [0, 0.05) is 11.7 Å². The van der Waals surface area contributed by atoms with Crippen molar-refractivity contribution in [1.82, 2.24) is 15.1 Å². The van der Waals surface area contributed by atoms with Crippen LogP contribution in [0, 0.1) is 6.92 Å². The standard InChI is InChI=1S/C20H20BrN3O/c1-12-18(21)19(23-22-12)20(25)24(17-9-10-17)13(2)15-8-7-14-5-3-4-6-16(14)11-15/h3-8,11,13,17H,9-10H2,1-2H3,(H,22,23). The van der Waals surface area contributed by atoms with Crippen LogP contribution in [0.1, 0.15) is 47.6 Å². The number of hydrogen-bond acceptors (Lipinski definition) is 2. The topological polar surface area (TPSA) is 49.0 Å². The number of aromatic nitrogens is 2. The first-order valence-electron chi connectivity index (χ1n) is 8.58. The molecule has 1 fully saturated rings. The fourth-order valence-electron chi connectivity index (χ4n) is 3.32. The minimum Gasteiger partial charge on any atom is -0.327 e. The van der Waals surface area contributed by atoms with Crippen LogP contribution in [0.2, 0.25) is 0 Å². The molecule has 1 aromatic heterocycles. The number of benzene rings is 2. The van der Waals surface area contributed by atoms with Crippen LogP contribution in [0.5, 0.6) is 0 Å². The van der Waals surface area contributed by atoms with Gasteiger partial charge in [0.2, 0.25) is 0 Å². The molecule has 25 heavy (non-hydrogen) atoms. The SMILES string of the molecule is Cc1[nH]nc(C(=O)N(C2CC2)C(C)c2ccc3ccccc3c2)c1Br. The van der Waals surface area contributed by atoms with E-state index in [0.717, 1.165) is 28.6 Å². The van der Waals surface area contributed by atoms with Gasteiger partial charge in [-0.15, -0.1) is 0 Å². The van der Waals surface area contributed by atoms with Gasteiger partial charge in [0.25, 0.3) is 5.91 Å². The Labute approximate surface area is 155 Å². The summed E-state index contributed by atoms with van der Waals surface area (Å²) in [7, 11) is 0. The minimum absolute atomic E-state index is 0.00788. The largest absolute Gasteiger partial charge is 0.327 e. The average Bonchev–Trinajstić information content (AvgIpc) is 3.40. The third-order valence-corrected chi connectivity index (χ3v) is 5.89. The number of fused-ring (bicyclic) bond motifs is 1. The smallest absolute Gasteiger partial charge is 0.276 e. The summed E-state index contributed by atoms with van der Waals surface area (Å²) in [5, 5.41) is 9.52. The van der Waals surface area contributed by atoms with Gasteiger partial charge in [0.15, 0.2) is 5.69 Å². The zero-order valence-electron chi connectivity index (χ0n) is 14.3. The fourth-order valence-corrected chi connectivity index (χ4v) is 3.67.